The van der Waals surface area contributed by atoms with Crippen molar-refractivity contribution in [1.82, 2.24) is 10.5 Å². The maximum atomic E-state index is 10.6. The Balaban J connectivity index is 2.11. The highest BCUT2D eigenvalue weighted by Gasteiger charge is 2.02. The molecule has 1 aromatic heterocycles. The number of hydroxylamine groups is 1. The first-order valence-corrected chi connectivity index (χ1v) is 4.71. The van der Waals surface area contributed by atoms with E-state index in [4.69, 9.17) is 4.84 Å². The number of aromatic nitrogens is 1. The van der Waals surface area contributed by atoms with Crippen LogP contribution < -0.4 is 5.48 Å². The van der Waals surface area contributed by atoms with Gasteiger partial charge < -0.3 is 4.98 Å². The first kappa shape index (κ1) is 9.73. The maximum Gasteiger partial charge on any atom is 0.240 e. The van der Waals surface area contributed by atoms with Crippen molar-refractivity contribution in [3.05, 3.63) is 36.0 Å². The van der Waals surface area contributed by atoms with E-state index in [1.807, 2.05) is 30.5 Å². The number of fused-ring (bicyclic) bond motifs is 1. The summed E-state index contributed by atoms with van der Waals surface area (Å²) in [6, 6.07) is 7.95. The average molecular weight is 204 g/mol. The monoisotopic (exact) mass is 204 g/mol. The van der Waals surface area contributed by atoms with E-state index in [1.165, 1.54) is 6.92 Å². The third kappa shape index (κ3) is 2.16. The second kappa shape index (κ2) is 4.14. The van der Waals surface area contributed by atoms with E-state index in [1.54, 1.807) is 0 Å². The van der Waals surface area contributed by atoms with E-state index in [2.05, 4.69) is 10.5 Å². The number of H-pyrrole nitrogens is 1. The molecule has 2 N–H and O–H groups in total. The quantitative estimate of drug-likeness (QED) is 0.748. The molecule has 0 unspecified atom stereocenters. The Morgan fingerprint density at radius 3 is 3.07 bits per heavy atom. The summed E-state index contributed by atoms with van der Waals surface area (Å²) in [6.07, 6.45) is 1.88. The van der Waals surface area contributed by atoms with E-state index in [0.717, 1.165) is 16.5 Å². The molecule has 4 nitrogen and oxygen atoms in total. The van der Waals surface area contributed by atoms with Crippen LogP contribution in [0.5, 0.6) is 0 Å². The summed E-state index contributed by atoms with van der Waals surface area (Å²) >= 11 is 0. The molecule has 0 aliphatic rings. The van der Waals surface area contributed by atoms with E-state index in [-0.39, 0.29) is 5.91 Å². The topological polar surface area (TPSA) is 54.1 Å². The van der Waals surface area contributed by atoms with Gasteiger partial charge in [-0.1, -0.05) is 18.2 Å². The minimum atomic E-state index is -0.199. The van der Waals surface area contributed by atoms with Crippen molar-refractivity contribution in [2.45, 2.75) is 13.5 Å². The summed E-state index contributed by atoms with van der Waals surface area (Å²) in [5.41, 5.74) is 4.39. The minimum Gasteiger partial charge on any atom is -0.361 e. The summed E-state index contributed by atoms with van der Waals surface area (Å²) < 4.78 is 0. The number of carbonyl (C=O) groups excluding carboxylic acids is 1. The lowest BCUT2D eigenvalue weighted by atomic mass is 10.2. The normalized spacial score (nSPS) is 10.5. The van der Waals surface area contributed by atoms with Crippen LogP contribution in [0.1, 0.15) is 12.5 Å². The lowest BCUT2D eigenvalue weighted by Crippen LogP contribution is -2.19. The van der Waals surface area contributed by atoms with Crippen molar-refractivity contribution in [2.75, 3.05) is 0 Å². The van der Waals surface area contributed by atoms with Crippen molar-refractivity contribution >= 4 is 16.8 Å². The van der Waals surface area contributed by atoms with Gasteiger partial charge in [0, 0.05) is 29.6 Å². The van der Waals surface area contributed by atoms with Crippen LogP contribution in [-0.2, 0) is 16.2 Å². The fourth-order valence-corrected chi connectivity index (χ4v) is 1.47. The second-order valence-corrected chi connectivity index (χ2v) is 3.31. The zero-order chi connectivity index (χ0) is 10.7. The number of nitrogens with one attached hydrogen (secondary N) is 2. The van der Waals surface area contributed by atoms with Gasteiger partial charge in [-0.2, -0.15) is 0 Å². The van der Waals surface area contributed by atoms with Crippen LogP contribution in [0.15, 0.2) is 30.5 Å². The predicted molar refractivity (Wildman–Crippen MR) is 56.9 cm³/mol. The molecule has 15 heavy (non-hydrogen) atoms. The molecule has 1 heterocycles. The molecule has 78 valence electrons. The fourth-order valence-electron chi connectivity index (χ4n) is 1.47. The third-order valence-electron chi connectivity index (χ3n) is 2.12. The van der Waals surface area contributed by atoms with E-state index in [9.17, 15) is 4.79 Å². The molecule has 0 bridgehead atoms. The van der Waals surface area contributed by atoms with Crippen LogP contribution >= 0.6 is 0 Å². The molecule has 0 saturated heterocycles. The van der Waals surface area contributed by atoms with E-state index >= 15 is 0 Å². The summed E-state index contributed by atoms with van der Waals surface area (Å²) in [5, 5.41) is 1.11. The molecule has 2 aromatic rings. The molecule has 0 radical (unpaired) electrons. The van der Waals surface area contributed by atoms with E-state index < -0.39 is 0 Å². The summed E-state index contributed by atoms with van der Waals surface area (Å²) in [6.45, 7) is 1.78. The van der Waals surface area contributed by atoms with Gasteiger partial charge in [0.1, 0.15) is 6.61 Å². The molecule has 0 spiro atoms. The molecule has 0 aliphatic heterocycles. The van der Waals surface area contributed by atoms with Gasteiger partial charge in [0.15, 0.2) is 0 Å². The molecule has 1 amide bonds. The zero-order valence-electron chi connectivity index (χ0n) is 8.41. The second-order valence-electron chi connectivity index (χ2n) is 3.31. The van der Waals surface area contributed by atoms with Crippen LogP contribution in [0.25, 0.3) is 10.9 Å². The number of benzene rings is 1. The Morgan fingerprint density at radius 1 is 1.47 bits per heavy atom. The van der Waals surface area contributed by atoms with E-state index in [0.29, 0.717) is 6.61 Å². The van der Waals surface area contributed by atoms with Crippen molar-refractivity contribution in [3.63, 3.8) is 0 Å². The molecule has 0 aliphatic carbocycles. The zero-order valence-corrected chi connectivity index (χ0v) is 8.41. The van der Waals surface area contributed by atoms with Crippen molar-refractivity contribution in [1.29, 1.82) is 0 Å². The predicted octanol–water partition coefficient (Wildman–Crippen LogP) is 1.74. The highest BCUT2D eigenvalue weighted by atomic mass is 16.6. The van der Waals surface area contributed by atoms with Crippen LogP contribution in [0.2, 0.25) is 0 Å². The van der Waals surface area contributed by atoms with Crippen molar-refractivity contribution in [3.8, 4) is 0 Å². The van der Waals surface area contributed by atoms with Crippen LogP contribution in [0, 0.1) is 0 Å². The molecular formula is C11H12N2O2. The van der Waals surface area contributed by atoms with Gasteiger partial charge in [-0.25, -0.2) is 5.48 Å². The van der Waals surface area contributed by atoms with Gasteiger partial charge in [-0.05, 0) is 6.07 Å². The maximum absolute atomic E-state index is 10.6. The number of amides is 1. The molecule has 0 saturated carbocycles. The SMILES string of the molecule is CC(=O)NOCc1c[nH]c2ccccc12. The lowest BCUT2D eigenvalue weighted by molar-refractivity contribution is -0.132. The highest BCUT2D eigenvalue weighted by molar-refractivity contribution is 5.82. The summed E-state index contributed by atoms with van der Waals surface area (Å²) in [7, 11) is 0. The molecular weight excluding hydrogens is 192 g/mol. The van der Waals surface area contributed by atoms with Crippen LogP contribution in [0.4, 0.5) is 0 Å². The number of hydrogen-bond donors (Lipinski definition) is 2. The molecule has 0 atom stereocenters. The summed E-state index contributed by atoms with van der Waals surface area (Å²) in [5.74, 6) is -0.199. The van der Waals surface area contributed by atoms with Crippen molar-refractivity contribution in [2.24, 2.45) is 0 Å². The smallest absolute Gasteiger partial charge is 0.240 e. The third-order valence-corrected chi connectivity index (χ3v) is 2.12. The van der Waals surface area contributed by atoms with Gasteiger partial charge in [0.25, 0.3) is 0 Å². The Labute approximate surface area is 87.2 Å². The fraction of sp³-hybridized carbons (Fsp3) is 0.182. The first-order valence-electron chi connectivity index (χ1n) is 4.71. The number of hydrogen-bond acceptors (Lipinski definition) is 2. The average Bonchev–Trinajstić information content (AvgIpc) is 2.62. The molecule has 1 aromatic carbocycles. The largest absolute Gasteiger partial charge is 0.361 e. The Hall–Kier alpha value is -1.81. The molecule has 2 rings (SSSR count). The molecule has 4 heteroatoms. The van der Waals surface area contributed by atoms with Crippen LogP contribution in [0.3, 0.4) is 0 Å². The minimum absolute atomic E-state index is 0.199. The Kier molecular flexibility index (Phi) is 2.69. The summed E-state index contributed by atoms with van der Waals surface area (Å²) in [4.78, 5) is 18.8. The number of carbonyl (C=O) groups is 1. The lowest BCUT2D eigenvalue weighted by Gasteiger charge is -2.01. The first-order chi connectivity index (χ1) is 7.27. The Morgan fingerprint density at radius 2 is 2.27 bits per heavy atom. The number of para-hydroxylation sites is 1. The van der Waals surface area contributed by atoms with Gasteiger partial charge in [-0.15, -0.1) is 0 Å². The van der Waals surface area contributed by atoms with Gasteiger partial charge in [0.05, 0.1) is 0 Å². The van der Waals surface area contributed by atoms with Crippen LogP contribution in [-0.4, -0.2) is 10.9 Å². The van der Waals surface area contributed by atoms with Gasteiger partial charge in [-0.3, -0.25) is 9.63 Å². The number of rotatable bonds is 3. The number of aromatic amines is 1. The standard InChI is InChI=1S/C11H12N2O2/c1-8(14)13-15-7-9-6-12-11-5-3-2-4-10(9)11/h2-6,12H,7H2,1H3,(H,13,14). The molecule has 0 fully saturated rings. The van der Waals surface area contributed by atoms with Gasteiger partial charge >= 0.3 is 0 Å². The highest BCUT2D eigenvalue weighted by Crippen LogP contribution is 2.17. The Bertz CT molecular complexity index is 476. The van der Waals surface area contributed by atoms with Gasteiger partial charge in [0.2, 0.25) is 5.91 Å². The van der Waals surface area contributed by atoms with Crippen molar-refractivity contribution < 1.29 is 9.63 Å².